The summed E-state index contributed by atoms with van der Waals surface area (Å²) in [7, 11) is 0. The third kappa shape index (κ3) is 0.841. The average Bonchev–Trinajstić information content (AvgIpc) is 2.55. The molecule has 2 aliphatic carbocycles. The van der Waals surface area contributed by atoms with E-state index in [0.717, 1.165) is 28.0 Å². The molecule has 68 valence electrons. The first-order chi connectivity index (χ1) is 6.88. The maximum absolute atomic E-state index is 9.97. The van der Waals surface area contributed by atoms with Crippen LogP contribution in [0, 0.1) is 0 Å². The predicted octanol–water partition coefficient (Wildman–Crippen LogP) is 1.40. The molecule has 0 radical (unpaired) electrons. The van der Waals surface area contributed by atoms with Crippen molar-refractivity contribution in [2.24, 2.45) is 0 Å². The monoisotopic (exact) mass is 182 g/mol. The maximum Gasteiger partial charge on any atom is 0.130 e. The van der Waals surface area contributed by atoms with Crippen LogP contribution in [0.15, 0.2) is 48.1 Å². The Balaban J connectivity index is 2.54. The molecule has 0 heterocycles. The van der Waals surface area contributed by atoms with Crippen LogP contribution < -0.4 is 10.4 Å². The highest BCUT2D eigenvalue weighted by Crippen LogP contribution is 2.25. The first-order valence-electron chi connectivity index (χ1n) is 4.78. The smallest absolute Gasteiger partial charge is 0.130 e. The number of rotatable bonds is 0. The molecule has 0 spiro atoms. The molecule has 1 nitrogen and oxygen atoms in total. The van der Waals surface area contributed by atoms with Crippen LogP contribution in [-0.4, -0.2) is 5.11 Å². The van der Waals surface area contributed by atoms with Crippen molar-refractivity contribution in [1.82, 2.24) is 0 Å². The van der Waals surface area contributed by atoms with Crippen LogP contribution in [-0.2, 0) is 0 Å². The van der Waals surface area contributed by atoms with E-state index >= 15 is 0 Å². The summed E-state index contributed by atoms with van der Waals surface area (Å²) in [6.45, 7) is 0. The number of fused-ring (bicyclic) bond motifs is 2. The zero-order valence-electron chi connectivity index (χ0n) is 7.70. The zero-order valence-corrected chi connectivity index (χ0v) is 7.70. The summed E-state index contributed by atoms with van der Waals surface area (Å²) in [6, 6.07) is 7.98. The maximum atomic E-state index is 9.97. The molecule has 2 aliphatic rings. The second-order valence-electron chi connectivity index (χ2n) is 3.56. The lowest BCUT2D eigenvalue weighted by Gasteiger charge is -2.05. The van der Waals surface area contributed by atoms with Gasteiger partial charge in [-0.2, -0.15) is 0 Å². The third-order valence-electron chi connectivity index (χ3n) is 2.76. The molecule has 1 heteroatoms. The Morgan fingerprint density at radius 2 is 1.86 bits per heavy atom. The van der Waals surface area contributed by atoms with Crippen LogP contribution in [0.2, 0.25) is 0 Å². The Hall–Kier alpha value is -1.76. The van der Waals surface area contributed by atoms with Crippen molar-refractivity contribution in [3.63, 3.8) is 0 Å². The minimum absolute atomic E-state index is 0.431. The van der Waals surface area contributed by atoms with Gasteiger partial charge in [0.15, 0.2) is 0 Å². The molecule has 0 saturated carbocycles. The van der Waals surface area contributed by atoms with Crippen LogP contribution in [0.5, 0.6) is 0 Å². The molecule has 1 aromatic rings. The van der Waals surface area contributed by atoms with Gasteiger partial charge in [-0.05, 0) is 17.2 Å². The number of aliphatic hydroxyl groups is 1. The summed E-state index contributed by atoms with van der Waals surface area (Å²) in [5, 5.41) is 12.1. The molecule has 0 bridgehead atoms. The molecule has 0 amide bonds. The van der Waals surface area contributed by atoms with E-state index in [-0.39, 0.29) is 0 Å². The van der Waals surface area contributed by atoms with E-state index in [1.807, 2.05) is 18.2 Å². The Labute approximate surface area is 82.0 Å². The normalized spacial score (nSPS) is 17.9. The van der Waals surface area contributed by atoms with Gasteiger partial charge in [-0.25, -0.2) is 0 Å². The van der Waals surface area contributed by atoms with Crippen LogP contribution in [0.4, 0.5) is 0 Å². The zero-order chi connectivity index (χ0) is 9.54. The van der Waals surface area contributed by atoms with Crippen LogP contribution in [0.1, 0.15) is 6.42 Å². The summed E-state index contributed by atoms with van der Waals surface area (Å²) >= 11 is 0. The highest BCUT2D eigenvalue weighted by molar-refractivity contribution is 5.91. The van der Waals surface area contributed by atoms with Crippen molar-refractivity contribution in [3.8, 4) is 0 Å². The van der Waals surface area contributed by atoms with E-state index in [0.29, 0.717) is 5.76 Å². The summed E-state index contributed by atoms with van der Waals surface area (Å²) in [4.78, 5) is 0. The van der Waals surface area contributed by atoms with Gasteiger partial charge in [-0.15, -0.1) is 0 Å². The Kier molecular flexibility index (Phi) is 1.42. The molecule has 1 N–H and O–H groups in total. The van der Waals surface area contributed by atoms with Crippen molar-refractivity contribution in [3.05, 3.63) is 58.5 Å². The number of benzene rings is 1. The van der Waals surface area contributed by atoms with Crippen molar-refractivity contribution < 1.29 is 5.11 Å². The van der Waals surface area contributed by atoms with E-state index in [1.54, 1.807) is 0 Å². The minimum atomic E-state index is 0.431. The lowest BCUT2D eigenvalue weighted by atomic mass is 10.0. The van der Waals surface area contributed by atoms with E-state index in [9.17, 15) is 5.11 Å². The highest BCUT2D eigenvalue weighted by Gasteiger charge is 2.17. The second kappa shape index (κ2) is 2.61. The lowest BCUT2D eigenvalue weighted by Crippen LogP contribution is -2.22. The fraction of sp³-hybridized carbons (Fsp3) is 0.0769. The number of hydrogen-bond donors (Lipinski definition) is 1. The standard InChI is InChI=1S/C13H10O/c14-13-11-7-3-1-5-9(11)10-6-2-4-8-12(10)13/h1-3,5-8,14H,4H2. The quantitative estimate of drug-likeness (QED) is 0.643. The molecule has 0 aromatic heterocycles. The van der Waals surface area contributed by atoms with E-state index in [2.05, 4.69) is 24.3 Å². The van der Waals surface area contributed by atoms with Gasteiger partial charge in [0, 0.05) is 10.8 Å². The molecule has 0 fully saturated rings. The van der Waals surface area contributed by atoms with Crippen LogP contribution in [0.25, 0.3) is 11.3 Å². The van der Waals surface area contributed by atoms with Gasteiger partial charge in [-0.3, -0.25) is 0 Å². The molecule has 0 saturated heterocycles. The fourth-order valence-corrected chi connectivity index (χ4v) is 2.10. The van der Waals surface area contributed by atoms with Crippen molar-refractivity contribution in [1.29, 1.82) is 0 Å². The summed E-state index contributed by atoms with van der Waals surface area (Å²) in [6.07, 6.45) is 7.20. The number of allylic oxidation sites excluding steroid dienone is 3. The predicted molar refractivity (Wildman–Crippen MR) is 57.0 cm³/mol. The third-order valence-corrected chi connectivity index (χ3v) is 2.76. The van der Waals surface area contributed by atoms with Crippen LogP contribution >= 0.6 is 0 Å². The van der Waals surface area contributed by atoms with Crippen molar-refractivity contribution in [2.75, 3.05) is 0 Å². The number of aliphatic hydroxyl groups excluding tert-OH is 1. The molecular weight excluding hydrogens is 172 g/mol. The Morgan fingerprint density at radius 3 is 2.71 bits per heavy atom. The van der Waals surface area contributed by atoms with Crippen LogP contribution in [0.3, 0.4) is 0 Å². The topological polar surface area (TPSA) is 20.2 Å². The summed E-state index contributed by atoms with van der Waals surface area (Å²) < 4.78 is 0. The van der Waals surface area contributed by atoms with Gasteiger partial charge in [0.1, 0.15) is 5.76 Å². The highest BCUT2D eigenvalue weighted by atomic mass is 16.3. The van der Waals surface area contributed by atoms with E-state index in [1.165, 1.54) is 0 Å². The average molecular weight is 182 g/mol. The Morgan fingerprint density at radius 1 is 1.07 bits per heavy atom. The van der Waals surface area contributed by atoms with E-state index < -0.39 is 0 Å². The fourth-order valence-electron chi connectivity index (χ4n) is 2.10. The summed E-state index contributed by atoms with van der Waals surface area (Å²) in [5.74, 6) is 0.431. The molecule has 14 heavy (non-hydrogen) atoms. The van der Waals surface area contributed by atoms with Gasteiger partial charge in [0.25, 0.3) is 0 Å². The number of hydrogen-bond acceptors (Lipinski definition) is 1. The summed E-state index contributed by atoms with van der Waals surface area (Å²) in [5.41, 5.74) is 2.15. The first-order valence-corrected chi connectivity index (χ1v) is 4.78. The Bertz CT molecular complexity index is 573. The largest absolute Gasteiger partial charge is 0.507 e. The molecule has 1 aromatic carbocycles. The van der Waals surface area contributed by atoms with Gasteiger partial charge >= 0.3 is 0 Å². The molecule has 3 rings (SSSR count). The van der Waals surface area contributed by atoms with Crippen molar-refractivity contribution in [2.45, 2.75) is 6.42 Å². The molecule has 0 atom stereocenters. The molecule has 0 aliphatic heterocycles. The SMILES string of the molecule is OC1=c2ccccc2=C2C=CCC=C12. The van der Waals surface area contributed by atoms with Gasteiger partial charge in [-0.1, -0.05) is 42.5 Å². The van der Waals surface area contributed by atoms with Crippen molar-refractivity contribution >= 4 is 11.3 Å². The van der Waals surface area contributed by atoms with Gasteiger partial charge in [0.05, 0.1) is 0 Å². The van der Waals surface area contributed by atoms with Gasteiger partial charge < -0.3 is 5.11 Å². The lowest BCUT2D eigenvalue weighted by molar-refractivity contribution is 0.509. The molecular formula is C13H10O. The first kappa shape index (κ1) is 7.63. The minimum Gasteiger partial charge on any atom is -0.507 e. The van der Waals surface area contributed by atoms with E-state index in [4.69, 9.17) is 0 Å². The van der Waals surface area contributed by atoms with Gasteiger partial charge in [0.2, 0.25) is 0 Å². The second-order valence-corrected chi connectivity index (χ2v) is 3.56. The molecule has 0 unspecified atom stereocenters.